The summed E-state index contributed by atoms with van der Waals surface area (Å²) in [6.07, 6.45) is 0. The van der Waals surface area contributed by atoms with Crippen LogP contribution in [0.1, 0.15) is 56.6 Å². The van der Waals surface area contributed by atoms with Crippen LogP contribution in [0.25, 0.3) is 0 Å². The Labute approximate surface area is 81.0 Å². The molecular formula is C11H20N2. The minimum absolute atomic E-state index is 0.464. The molecule has 0 saturated carbocycles. The van der Waals surface area contributed by atoms with Gasteiger partial charge in [-0.15, -0.1) is 0 Å². The first-order chi connectivity index (χ1) is 5.95. The fraction of sp³-hybridized carbons (Fsp3) is 0.727. The summed E-state index contributed by atoms with van der Waals surface area (Å²) in [4.78, 5) is 0. The molecule has 0 aromatic carbocycles. The molecule has 2 nitrogen and oxygen atoms in total. The van der Waals surface area contributed by atoms with Crippen molar-refractivity contribution in [3.05, 3.63) is 17.0 Å². The lowest BCUT2D eigenvalue weighted by Crippen LogP contribution is -2.05. The largest absolute Gasteiger partial charge is 0.267 e. The SMILES string of the molecule is Cc1c(C(C)C)nn(C(C)C)c1C. The van der Waals surface area contributed by atoms with Crippen LogP contribution in [-0.4, -0.2) is 9.78 Å². The molecule has 74 valence electrons. The average molecular weight is 180 g/mol. The number of hydrogen-bond donors (Lipinski definition) is 0. The summed E-state index contributed by atoms with van der Waals surface area (Å²) in [6, 6.07) is 0.464. The quantitative estimate of drug-likeness (QED) is 0.683. The zero-order valence-electron chi connectivity index (χ0n) is 9.55. The summed E-state index contributed by atoms with van der Waals surface area (Å²) >= 11 is 0. The van der Waals surface area contributed by atoms with Crippen LogP contribution in [0.4, 0.5) is 0 Å². The number of nitrogens with zero attached hydrogens (tertiary/aromatic N) is 2. The molecule has 1 aromatic heterocycles. The third-order valence-corrected chi connectivity index (χ3v) is 2.52. The van der Waals surface area contributed by atoms with Crippen LogP contribution >= 0.6 is 0 Å². The number of rotatable bonds is 2. The second-order valence-corrected chi connectivity index (χ2v) is 4.29. The summed E-state index contributed by atoms with van der Waals surface area (Å²) < 4.78 is 2.12. The molecule has 1 heterocycles. The standard InChI is InChI=1S/C11H20N2/c1-7(2)11-9(5)10(6)13(12-11)8(3)4/h7-8H,1-6H3. The van der Waals surface area contributed by atoms with Gasteiger partial charge in [0.05, 0.1) is 5.69 Å². The normalized spacial score (nSPS) is 11.7. The Morgan fingerprint density at radius 3 is 1.85 bits per heavy atom. The molecule has 0 atom stereocenters. The Balaban J connectivity index is 3.20. The van der Waals surface area contributed by atoms with Gasteiger partial charge in [-0.1, -0.05) is 13.8 Å². The van der Waals surface area contributed by atoms with E-state index in [0.29, 0.717) is 12.0 Å². The van der Waals surface area contributed by atoms with Crippen molar-refractivity contribution in [3.63, 3.8) is 0 Å². The molecule has 0 spiro atoms. The topological polar surface area (TPSA) is 17.8 Å². The summed E-state index contributed by atoms with van der Waals surface area (Å²) in [5.74, 6) is 0.527. The summed E-state index contributed by atoms with van der Waals surface area (Å²) in [5, 5.41) is 4.62. The Bertz CT molecular complexity index is 267. The van der Waals surface area contributed by atoms with Crippen molar-refractivity contribution in [2.75, 3.05) is 0 Å². The van der Waals surface area contributed by atoms with Crippen LogP contribution < -0.4 is 0 Å². The second kappa shape index (κ2) is 3.52. The first-order valence-electron chi connectivity index (χ1n) is 5.00. The molecule has 0 aliphatic heterocycles. The van der Waals surface area contributed by atoms with E-state index in [1.165, 1.54) is 17.0 Å². The Hall–Kier alpha value is -0.790. The van der Waals surface area contributed by atoms with Crippen molar-refractivity contribution >= 4 is 0 Å². The molecule has 0 radical (unpaired) electrons. The highest BCUT2D eigenvalue weighted by Gasteiger charge is 2.14. The number of hydrogen-bond acceptors (Lipinski definition) is 1. The zero-order valence-corrected chi connectivity index (χ0v) is 9.55. The van der Waals surface area contributed by atoms with E-state index in [1.807, 2.05) is 0 Å². The van der Waals surface area contributed by atoms with Crippen molar-refractivity contribution in [3.8, 4) is 0 Å². The second-order valence-electron chi connectivity index (χ2n) is 4.29. The van der Waals surface area contributed by atoms with Gasteiger partial charge >= 0.3 is 0 Å². The first kappa shape index (κ1) is 10.3. The van der Waals surface area contributed by atoms with Gasteiger partial charge in [0, 0.05) is 11.7 Å². The van der Waals surface area contributed by atoms with Crippen LogP contribution in [0, 0.1) is 13.8 Å². The van der Waals surface area contributed by atoms with Gasteiger partial charge in [-0.25, -0.2) is 0 Å². The van der Waals surface area contributed by atoms with Gasteiger partial charge in [0.15, 0.2) is 0 Å². The third-order valence-electron chi connectivity index (χ3n) is 2.52. The molecule has 0 bridgehead atoms. The predicted octanol–water partition coefficient (Wildman–Crippen LogP) is 3.20. The fourth-order valence-electron chi connectivity index (χ4n) is 1.67. The van der Waals surface area contributed by atoms with Crippen LogP contribution in [0.5, 0.6) is 0 Å². The molecule has 2 heteroatoms. The van der Waals surface area contributed by atoms with Crippen molar-refractivity contribution in [2.24, 2.45) is 0 Å². The average Bonchev–Trinajstić information content (AvgIpc) is 2.29. The Morgan fingerprint density at radius 1 is 1.08 bits per heavy atom. The van der Waals surface area contributed by atoms with Gasteiger partial charge in [0.25, 0.3) is 0 Å². The lowest BCUT2D eigenvalue weighted by Gasteiger charge is -2.07. The molecule has 0 fully saturated rings. The molecule has 0 unspecified atom stereocenters. The maximum absolute atomic E-state index is 4.62. The van der Waals surface area contributed by atoms with Gasteiger partial charge < -0.3 is 0 Å². The van der Waals surface area contributed by atoms with Crippen LogP contribution in [0.15, 0.2) is 0 Å². The maximum atomic E-state index is 4.62. The fourth-order valence-corrected chi connectivity index (χ4v) is 1.67. The van der Waals surface area contributed by atoms with Gasteiger partial charge in [-0.3, -0.25) is 4.68 Å². The van der Waals surface area contributed by atoms with E-state index in [0.717, 1.165) is 0 Å². The molecular weight excluding hydrogens is 160 g/mol. The van der Waals surface area contributed by atoms with E-state index in [4.69, 9.17) is 0 Å². The van der Waals surface area contributed by atoms with E-state index >= 15 is 0 Å². The smallest absolute Gasteiger partial charge is 0.0682 e. The number of aromatic nitrogens is 2. The molecule has 0 saturated heterocycles. The van der Waals surface area contributed by atoms with Crippen molar-refractivity contribution < 1.29 is 0 Å². The van der Waals surface area contributed by atoms with E-state index < -0.39 is 0 Å². The van der Waals surface area contributed by atoms with E-state index in [-0.39, 0.29) is 0 Å². The lowest BCUT2D eigenvalue weighted by molar-refractivity contribution is 0.510. The first-order valence-corrected chi connectivity index (χ1v) is 5.00. The molecule has 0 aliphatic carbocycles. The molecule has 1 aromatic rings. The van der Waals surface area contributed by atoms with Crippen molar-refractivity contribution in [1.29, 1.82) is 0 Å². The summed E-state index contributed by atoms with van der Waals surface area (Å²) in [5.41, 5.74) is 3.90. The minimum Gasteiger partial charge on any atom is -0.267 e. The minimum atomic E-state index is 0.464. The van der Waals surface area contributed by atoms with Gasteiger partial charge in [0.1, 0.15) is 0 Å². The highest BCUT2D eigenvalue weighted by Crippen LogP contribution is 2.22. The van der Waals surface area contributed by atoms with E-state index in [2.05, 4.69) is 51.3 Å². The Kier molecular flexibility index (Phi) is 2.79. The van der Waals surface area contributed by atoms with Crippen molar-refractivity contribution in [2.45, 2.75) is 53.5 Å². The van der Waals surface area contributed by atoms with Crippen LogP contribution in [0.2, 0.25) is 0 Å². The third kappa shape index (κ3) is 1.77. The van der Waals surface area contributed by atoms with Gasteiger partial charge in [-0.2, -0.15) is 5.10 Å². The molecule has 0 amide bonds. The zero-order chi connectivity index (χ0) is 10.2. The van der Waals surface area contributed by atoms with Crippen LogP contribution in [0.3, 0.4) is 0 Å². The molecule has 13 heavy (non-hydrogen) atoms. The molecule has 0 aliphatic rings. The lowest BCUT2D eigenvalue weighted by atomic mass is 10.1. The van der Waals surface area contributed by atoms with Crippen LogP contribution in [-0.2, 0) is 0 Å². The maximum Gasteiger partial charge on any atom is 0.0682 e. The molecule has 0 N–H and O–H groups in total. The van der Waals surface area contributed by atoms with Gasteiger partial charge in [-0.05, 0) is 39.2 Å². The highest BCUT2D eigenvalue weighted by atomic mass is 15.3. The summed E-state index contributed by atoms with van der Waals surface area (Å²) in [6.45, 7) is 13.0. The summed E-state index contributed by atoms with van der Waals surface area (Å²) in [7, 11) is 0. The monoisotopic (exact) mass is 180 g/mol. The van der Waals surface area contributed by atoms with Crippen molar-refractivity contribution in [1.82, 2.24) is 9.78 Å². The van der Waals surface area contributed by atoms with Gasteiger partial charge in [0.2, 0.25) is 0 Å². The highest BCUT2D eigenvalue weighted by molar-refractivity contribution is 5.26. The van der Waals surface area contributed by atoms with E-state index in [1.54, 1.807) is 0 Å². The molecule has 1 rings (SSSR count). The predicted molar refractivity (Wildman–Crippen MR) is 56.2 cm³/mol. The Morgan fingerprint density at radius 2 is 1.62 bits per heavy atom. The van der Waals surface area contributed by atoms with E-state index in [9.17, 15) is 0 Å².